The molecule has 132 valence electrons. The second kappa shape index (κ2) is 6.70. The van der Waals surface area contributed by atoms with E-state index in [0.29, 0.717) is 11.1 Å². The summed E-state index contributed by atoms with van der Waals surface area (Å²) >= 11 is 0. The van der Waals surface area contributed by atoms with E-state index in [9.17, 15) is 19.0 Å². The molecule has 0 aromatic heterocycles. The number of hydrogen-bond acceptors (Lipinski definition) is 3. The van der Waals surface area contributed by atoms with Crippen molar-refractivity contribution in [3.8, 4) is 0 Å². The molecule has 0 fully saturated rings. The van der Waals surface area contributed by atoms with E-state index in [-0.39, 0.29) is 0 Å². The van der Waals surface area contributed by atoms with Crippen molar-refractivity contribution in [2.45, 2.75) is 38.5 Å². The van der Waals surface area contributed by atoms with Crippen LogP contribution in [0.15, 0.2) is 60.7 Å². The van der Waals surface area contributed by atoms with E-state index in [1.807, 2.05) is 0 Å². The summed E-state index contributed by atoms with van der Waals surface area (Å²) in [5.74, 6) is 0. The third-order valence-electron chi connectivity index (χ3n) is 4.61. The van der Waals surface area contributed by atoms with Gasteiger partial charge in [0, 0.05) is 0 Å². The Kier molecular flexibility index (Phi) is 5.17. The lowest BCUT2D eigenvalue weighted by Gasteiger charge is -2.30. The fourth-order valence-corrected chi connectivity index (χ4v) is 4.76. The molecule has 0 atom stereocenters. The van der Waals surface area contributed by atoms with E-state index in [1.54, 1.807) is 88.4 Å². The molecule has 0 radical (unpaired) electrons. The molecule has 1 N–H and O–H groups in total. The summed E-state index contributed by atoms with van der Waals surface area (Å²) in [6, 6.07) is 17.5. The molecule has 2 aromatic carbocycles. The standard InChI is InChI=1S/C20H23O4P/c1-19(2,15-11-7-5-8-12-15)17(21)25(23,24)18(22)20(3,4)16-13-9-6-10-14-16/h5-14H,1-4H3,(H,23,24). The summed E-state index contributed by atoms with van der Waals surface area (Å²) in [6.07, 6.45) is 0. The highest BCUT2D eigenvalue weighted by molar-refractivity contribution is 7.90. The molecular formula is C20H23O4P. The molecule has 2 rings (SSSR count). The van der Waals surface area contributed by atoms with Crippen LogP contribution in [0.5, 0.6) is 0 Å². The summed E-state index contributed by atoms with van der Waals surface area (Å²) in [5.41, 5.74) is -3.18. The molecule has 0 aliphatic rings. The molecular weight excluding hydrogens is 335 g/mol. The highest BCUT2D eigenvalue weighted by Gasteiger charge is 2.51. The first-order valence-electron chi connectivity index (χ1n) is 8.06. The molecule has 0 bridgehead atoms. The van der Waals surface area contributed by atoms with Crippen molar-refractivity contribution >= 4 is 18.4 Å². The van der Waals surface area contributed by atoms with Gasteiger partial charge in [0.2, 0.25) is 11.0 Å². The lowest BCUT2D eigenvalue weighted by atomic mass is 9.86. The molecule has 4 nitrogen and oxygen atoms in total. The topological polar surface area (TPSA) is 71.4 Å². The summed E-state index contributed by atoms with van der Waals surface area (Å²) in [5, 5.41) is 0. The third-order valence-corrected chi connectivity index (χ3v) is 6.83. The van der Waals surface area contributed by atoms with Crippen molar-refractivity contribution in [2.75, 3.05) is 0 Å². The molecule has 25 heavy (non-hydrogen) atoms. The highest BCUT2D eigenvalue weighted by atomic mass is 31.2. The fraction of sp³-hybridized carbons (Fsp3) is 0.300. The van der Waals surface area contributed by atoms with Crippen molar-refractivity contribution in [3.63, 3.8) is 0 Å². The largest absolute Gasteiger partial charge is 0.334 e. The van der Waals surface area contributed by atoms with Crippen LogP contribution >= 0.6 is 7.37 Å². The Morgan fingerprint density at radius 3 is 1.28 bits per heavy atom. The van der Waals surface area contributed by atoms with Gasteiger partial charge < -0.3 is 4.89 Å². The number of carbonyl (C=O) groups excluding carboxylic acids is 2. The van der Waals surface area contributed by atoms with Gasteiger partial charge in [-0.15, -0.1) is 0 Å². The predicted molar refractivity (Wildman–Crippen MR) is 98.8 cm³/mol. The first-order valence-corrected chi connectivity index (χ1v) is 9.72. The van der Waals surface area contributed by atoms with E-state index in [4.69, 9.17) is 0 Å². The Hall–Kier alpha value is -2.03. The van der Waals surface area contributed by atoms with Crippen molar-refractivity contribution < 1.29 is 19.0 Å². The average Bonchev–Trinajstić information content (AvgIpc) is 2.61. The van der Waals surface area contributed by atoms with Crippen LogP contribution in [0.1, 0.15) is 38.8 Å². The van der Waals surface area contributed by atoms with Crippen molar-refractivity contribution in [3.05, 3.63) is 71.8 Å². The van der Waals surface area contributed by atoms with Gasteiger partial charge in [0.25, 0.3) is 0 Å². The Labute approximate surface area is 148 Å². The molecule has 0 spiro atoms. The van der Waals surface area contributed by atoms with Gasteiger partial charge in [0.1, 0.15) is 0 Å². The van der Waals surface area contributed by atoms with Crippen LogP contribution in [-0.4, -0.2) is 15.9 Å². The number of benzene rings is 2. The maximum atomic E-state index is 12.9. The van der Waals surface area contributed by atoms with Gasteiger partial charge in [0.05, 0.1) is 10.8 Å². The Morgan fingerprint density at radius 1 is 0.720 bits per heavy atom. The van der Waals surface area contributed by atoms with Crippen molar-refractivity contribution in [1.29, 1.82) is 0 Å². The van der Waals surface area contributed by atoms with Crippen molar-refractivity contribution in [2.24, 2.45) is 0 Å². The van der Waals surface area contributed by atoms with E-state index in [0.717, 1.165) is 0 Å². The summed E-state index contributed by atoms with van der Waals surface area (Å²) in [4.78, 5) is 36.2. The second-order valence-electron chi connectivity index (χ2n) is 7.17. The van der Waals surface area contributed by atoms with Crippen LogP contribution in [0, 0.1) is 0 Å². The molecule has 5 heteroatoms. The summed E-state index contributed by atoms with van der Waals surface area (Å²) < 4.78 is 12.9. The molecule has 0 heterocycles. The van der Waals surface area contributed by atoms with Crippen LogP contribution in [0.4, 0.5) is 0 Å². The summed E-state index contributed by atoms with van der Waals surface area (Å²) in [6.45, 7) is 6.26. The van der Waals surface area contributed by atoms with E-state index in [1.165, 1.54) is 0 Å². The monoisotopic (exact) mass is 358 g/mol. The average molecular weight is 358 g/mol. The normalized spacial score (nSPS) is 12.7. The van der Waals surface area contributed by atoms with Crippen LogP contribution in [0.25, 0.3) is 0 Å². The first kappa shape index (κ1) is 19.3. The van der Waals surface area contributed by atoms with Crippen LogP contribution < -0.4 is 0 Å². The van der Waals surface area contributed by atoms with Crippen LogP contribution in [0.2, 0.25) is 0 Å². The van der Waals surface area contributed by atoms with Gasteiger partial charge in [-0.3, -0.25) is 14.2 Å². The second-order valence-corrected chi connectivity index (χ2v) is 9.13. The first-order chi connectivity index (χ1) is 11.5. The third kappa shape index (κ3) is 3.51. The number of rotatable bonds is 6. The van der Waals surface area contributed by atoms with Crippen LogP contribution in [-0.2, 0) is 25.0 Å². The molecule has 0 saturated carbocycles. The molecule has 0 aliphatic carbocycles. The zero-order chi connectivity index (χ0) is 18.9. The van der Waals surface area contributed by atoms with Crippen molar-refractivity contribution in [1.82, 2.24) is 0 Å². The quantitative estimate of drug-likeness (QED) is 0.783. The Morgan fingerprint density at radius 2 is 1.00 bits per heavy atom. The zero-order valence-corrected chi connectivity index (χ0v) is 15.8. The minimum atomic E-state index is -4.73. The highest BCUT2D eigenvalue weighted by Crippen LogP contribution is 2.54. The maximum absolute atomic E-state index is 12.9. The number of hydrogen-bond donors (Lipinski definition) is 1. The molecule has 2 aromatic rings. The van der Waals surface area contributed by atoms with Gasteiger partial charge in [-0.05, 0) is 38.8 Å². The van der Waals surface area contributed by atoms with Gasteiger partial charge in [0.15, 0.2) is 0 Å². The zero-order valence-electron chi connectivity index (χ0n) is 14.9. The van der Waals surface area contributed by atoms with Gasteiger partial charge >= 0.3 is 7.37 Å². The summed E-state index contributed by atoms with van der Waals surface area (Å²) in [7, 11) is -4.73. The number of carbonyl (C=O) groups is 2. The Bertz CT molecular complexity index is 756. The van der Waals surface area contributed by atoms with E-state index >= 15 is 0 Å². The maximum Gasteiger partial charge on any atom is 0.329 e. The Balaban J connectivity index is 2.42. The fourth-order valence-electron chi connectivity index (χ4n) is 2.81. The minimum absolute atomic E-state index is 0.597. The lowest BCUT2D eigenvalue weighted by molar-refractivity contribution is -0.120. The SMILES string of the molecule is CC(C)(C(=O)P(=O)(O)C(=O)C(C)(C)c1ccccc1)c1ccccc1. The molecule has 0 unspecified atom stereocenters. The van der Waals surface area contributed by atoms with Gasteiger partial charge in [-0.25, -0.2) is 0 Å². The molecule has 0 saturated heterocycles. The lowest BCUT2D eigenvalue weighted by Crippen LogP contribution is -2.36. The minimum Gasteiger partial charge on any atom is -0.334 e. The predicted octanol–water partition coefficient (Wildman–Crippen LogP) is 4.27. The van der Waals surface area contributed by atoms with Gasteiger partial charge in [-0.1, -0.05) is 60.7 Å². The smallest absolute Gasteiger partial charge is 0.329 e. The van der Waals surface area contributed by atoms with E-state index < -0.39 is 29.2 Å². The van der Waals surface area contributed by atoms with Gasteiger partial charge in [-0.2, -0.15) is 0 Å². The van der Waals surface area contributed by atoms with E-state index in [2.05, 4.69) is 0 Å². The molecule has 0 aliphatic heterocycles. The molecule has 0 amide bonds. The van der Waals surface area contributed by atoms with Crippen LogP contribution in [0.3, 0.4) is 0 Å².